The number of fused-ring (bicyclic) bond motifs is 1. The van der Waals surface area contributed by atoms with Gasteiger partial charge in [-0.2, -0.15) is 39.5 Å². The first-order chi connectivity index (χ1) is 19.4. The zero-order valence-electron chi connectivity index (χ0n) is 22.3. The molecule has 0 saturated carbocycles. The summed E-state index contributed by atoms with van der Waals surface area (Å²) in [5.41, 5.74) is -5.49. The number of carbonyl (C=O) groups is 2. The molecule has 7 nitrogen and oxygen atoms in total. The average Bonchev–Trinajstić information content (AvgIpc) is 2.89. The van der Waals surface area contributed by atoms with Crippen LogP contribution in [0.15, 0.2) is 36.4 Å². The molecule has 3 rings (SSSR count). The molecular weight excluding hydrogens is 591 g/mol. The van der Waals surface area contributed by atoms with E-state index in [-0.39, 0.29) is 37.0 Å². The molecule has 0 spiro atoms. The van der Waals surface area contributed by atoms with Gasteiger partial charge in [0.05, 0.1) is 54.8 Å². The second-order valence-electron chi connectivity index (χ2n) is 9.21. The van der Waals surface area contributed by atoms with Crippen LogP contribution in [0, 0.1) is 0 Å². The van der Waals surface area contributed by atoms with E-state index in [0.717, 1.165) is 18.1 Å². The molecule has 0 fully saturated rings. The Labute approximate surface area is 233 Å². The predicted octanol–water partition coefficient (Wildman–Crippen LogP) is 7.43. The maximum atomic E-state index is 13.7. The van der Waals surface area contributed by atoms with E-state index in [1.807, 2.05) is 0 Å². The summed E-state index contributed by atoms with van der Waals surface area (Å²) in [5.74, 6) is 0. The molecule has 2 amide bonds. The Kier molecular flexibility index (Phi) is 9.59. The van der Waals surface area contributed by atoms with Gasteiger partial charge in [0.2, 0.25) is 0 Å². The van der Waals surface area contributed by atoms with Crippen LogP contribution in [-0.4, -0.2) is 50.6 Å². The van der Waals surface area contributed by atoms with Crippen LogP contribution in [0.1, 0.15) is 47.2 Å². The predicted molar refractivity (Wildman–Crippen MR) is 128 cm³/mol. The van der Waals surface area contributed by atoms with Crippen LogP contribution >= 0.6 is 0 Å². The first-order valence-electron chi connectivity index (χ1n) is 12.2. The highest BCUT2D eigenvalue weighted by Crippen LogP contribution is 2.45. The van der Waals surface area contributed by atoms with E-state index in [4.69, 9.17) is 14.2 Å². The number of carbonyl (C=O) groups excluding carboxylic acids is 2. The Balaban J connectivity index is 2.24. The normalized spacial score (nSPS) is 17.5. The van der Waals surface area contributed by atoms with Gasteiger partial charge in [0, 0.05) is 13.7 Å². The van der Waals surface area contributed by atoms with Gasteiger partial charge in [-0.15, -0.1) is 0 Å². The highest BCUT2D eigenvalue weighted by molar-refractivity contribution is 5.90. The molecule has 1 heterocycles. The van der Waals surface area contributed by atoms with E-state index < -0.39 is 71.6 Å². The van der Waals surface area contributed by atoms with Gasteiger partial charge in [0.1, 0.15) is 0 Å². The van der Waals surface area contributed by atoms with Crippen molar-refractivity contribution >= 4 is 17.9 Å². The Morgan fingerprint density at radius 2 is 1.45 bits per heavy atom. The lowest BCUT2D eigenvalue weighted by atomic mass is 9.88. The number of hydrogen-bond donors (Lipinski definition) is 0. The zero-order chi connectivity index (χ0) is 31.6. The summed E-state index contributed by atoms with van der Waals surface area (Å²) >= 11 is 0. The standard InChI is InChI=1S/C26H25F9N2O5/c1-4-42-23(39)37-18(13-40-2)11-21(19-10-15(24(27,28)29)5-6-20(19)37)36(22(38)41-3)12-14-7-16(25(30,31)32)9-17(8-14)26(33,34)35/h5-10,18,21H,4,11-13H2,1-3H3/t18-,21-/m1/s1. The summed E-state index contributed by atoms with van der Waals surface area (Å²) in [6.07, 6.45) is -17.8. The highest BCUT2D eigenvalue weighted by Gasteiger charge is 2.43. The summed E-state index contributed by atoms with van der Waals surface area (Å²) in [7, 11) is 2.15. The second-order valence-corrected chi connectivity index (χ2v) is 9.21. The van der Waals surface area contributed by atoms with E-state index >= 15 is 0 Å². The minimum Gasteiger partial charge on any atom is -0.453 e. The van der Waals surface area contributed by atoms with Crippen LogP contribution in [0.2, 0.25) is 0 Å². The summed E-state index contributed by atoms with van der Waals surface area (Å²) in [6, 6.07) is 0.624. The summed E-state index contributed by atoms with van der Waals surface area (Å²) in [6.45, 7) is 0.262. The molecule has 0 unspecified atom stereocenters. The molecule has 0 aliphatic carbocycles. The van der Waals surface area contributed by atoms with Crippen molar-refractivity contribution in [2.45, 2.75) is 50.5 Å². The fourth-order valence-corrected chi connectivity index (χ4v) is 4.70. The van der Waals surface area contributed by atoms with Gasteiger partial charge >= 0.3 is 30.7 Å². The number of anilines is 1. The van der Waals surface area contributed by atoms with Gasteiger partial charge < -0.3 is 14.2 Å². The van der Waals surface area contributed by atoms with Gasteiger partial charge in [-0.25, -0.2) is 9.59 Å². The summed E-state index contributed by atoms with van der Waals surface area (Å²) < 4.78 is 137. The van der Waals surface area contributed by atoms with E-state index in [1.54, 1.807) is 0 Å². The maximum Gasteiger partial charge on any atom is 0.416 e. The molecule has 2 aromatic carbocycles. The van der Waals surface area contributed by atoms with Crippen molar-refractivity contribution in [2.75, 3.05) is 32.3 Å². The average molecular weight is 616 g/mol. The van der Waals surface area contributed by atoms with Crippen molar-refractivity contribution in [3.63, 3.8) is 0 Å². The summed E-state index contributed by atoms with van der Waals surface area (Å²) in [5, 5.41) is 0. The first kappa shape index (κ1) is 32.8. The number of halogens is 9. The lowest BCUT2D eigenvalue weighted by Crippen LogP contribution is -2.50. The molecule has 0 saturated heterocycles. The van der Waals surface area contributed by atoms with E-state index in [0.29, 0.717) is 29.2 Å². The highest BCUT2D eigenvalue weighted by atomic mass is 19.4. The Morgan fingerprint density at radius 3 is 1.93 bits per heavy atom. The molecule has 232 valence electrons. The van der Waals surface area contributed by atoms with Gasteiger partial charge in [0.15, 0.2) is 0 Å². The molecule has 2 aromatic rings. The third-order valence-electron chi connectivity index (χ3n) is 6.44. The van der Waals surface area contributed by atoms with Crippen molar-refractivity contribution in [3.05, 3.63) is 64.2 Å². The van der Waals surface area contributed by atoms with E-state index in [1.165, 1.54) is 14.0 Å². The largest absolute Gasteiger partial charge is 0.453 e. The van der Waals surface area contributed by atoms with Crippen molar-refractivity contribution in [1.82, 2.24) is 4.90 Å². The molecule has 42 heavy (non-hydrogen) atoms. The molecule has 1 aliphatic heterocycles. The number of nitrogens with zero attached hydrogens (tertiary/aromatic N) is 2. The zero-order valence-corrected chi connectivity index (χ0v) is 22.3. The van der Waals surface area contributed by atoms with Crippen LogP contribution in [0.4, 0.5) is 54.8 Å². The number of alkyl halides is 9. The van der Waals surface area contributed by atoms with Crippen molar-refractivity contribution in [2.24, 2.45) is 0 Å². The number of amides is 2. The quantitative estimate of drug-likeness (QED) is 0.316. The third kappa shape index (κ3) is 7.20. The van der Waals surface area contributed by atoms with Crippen LogP contribution in [0.3, 0.4) is 0 Å². The molecule has 0 N–H and O–H groups in total. The number of methoxy groups -OCH3 is 2. The van der Waals surface area contributed by atoms with Crippen molar-refractivity contribution in [3.8, 4) is 0 Å². The van der Waals surface area contributed by atoms with E-state index in [2.05, 4.69) is 0 Å². The molecule has 0 radical (unpaired) electrons. The maximum absolute atomic E-state index is 13.7. The van der Waals surface area contributed by atoms with Gasteiger partial charge in [-0.1, -0.05) is 0 Å². The first-order valence-corrected chi connectivity index (χ1v) is 12.2. The fraction of sp³-hybridized carbons (Fsp3) is 0.462. The fourth-order valence-electron chi connectivity index (χ4n) is 4.70. The third-order valence-corrected chi connectivity index (χ3v) is 6.44. The lowest BCUT2D eigenvalue weighted by Gasteiger charge is -2.43. The lowest BCUT2D eigenvalue weighted by molar-refractivity contribution is -0.143. The van der Waals surface area contributed by atoms with Crippen molar-refractivity contribution < 1.29 is 63.3 Å². The van der Waals surface area contributed by atoms with Gasteiger partial charge in [-0.05, 0) is 60.9 Å². The van der Waals surface area contributed by atoms with Crippen LogP contribution < -0.4 is 4.90 Å². The minimum absolute atomic E-state index is 0.0939. The summed E-state index contributed by atoms with van der Waals surface area (Å²) in [4.78, 5) is 27.5. The number of benzene rings is 2. The Morgan fingerprint density at radius 1 is 0.881 bits per heavy atom. The molecule has 0 aromatic heterocycles. The molecular formula is C26H25F9N2O5. The van der Waals surface area contributed by atoms with Gasteiger partial charge in [0.25, 0.3) is 0 Å². The topological polar surface area (TPSA) is 68.3 Å². The van der Waals surface area contributed by atoms with Crippen LogP contribution in [-0.2, 0) is 39.3 Å². The molecule has 1 aliphatic rings. The van der Waals surface area contributed by atoms with Crippen molar-refractivity contribution in [1.29, 1.82) is 0 Å². The molecule has 0 bridgehead atoms. The molecule has 16 heteroatoms. The second kappa shape index (κ2) is 12.3. The Hall–Kier alpha value is -3.69. The number of hydrogen-bond acceptors (Lipinski definition) is 5. The minimum atomic E-state index is -5.19. The Bertz CT molecular complexity index is 1260. The monoisotopic (exact) mass is 616 g/mol. The molecule has 2 atom stereocenters. The van der Waals surface area contributed by atoms with E-state index in [9.17, 15) is 49.1 Å². The van der Waals surface area contributed by atoms with Gasteiger partial charge in [-0.3, -0.25) is 9.80 Å². The van der Waals surface area contributed by atoms with Crippen LogP contribution in [0.25, 0.3) is 0 Å². The van der Waals surface area contributed by atoms with Crippen LogP contribution in [0.5, 0.6) is 0 Å². The smallest absolute Gasteiger partial charge is 0.416 e. The number of rotatable bonds is 6. The SMILES string of the molecule is CCOC(=O)N1c2ccc(C(F)(F)F)cc2[C@H](N(Cc2cc(C(F)(F)F)cc(C(F)(F)F)c2)C(=O)OC)C[C@@H]1COC. The number of ether oxygens (including phenoxy) is 3.